The molecular formula is C20H13Br2N3O4S2. The molecule has 11 heteroatoms. The largest absolute Gasteiger partial charge is 0.273 e. The number of hydrogen-bond acceptors (Lipinski definition) is 6. The number of fused-ring (bicyclic) bond motifs is 1. The standard InChI is InChI=1S/C20H13Br2N3O4S2/c1-11-23-15-7-4-13(19(26)24-31(28,29)18-9-8-17(22)30-18)10-16(15)25(11)20(27)12-2-5-14(21)6-3-12/h2-10H,1H3,(H,24,26). The van der Waals surface area contributed by atoms with Gasteiger partial charge >= 0.3 is 0 Å². The lowest BCUT2D eigenvalue weighted by molar-refractivity contribution is 0.0957. The summed E-state index contributed by atoms with van der Waals surface area (Å²) >= 11 is 7.54. The number of nitrogens with zero attached hydrogens (tertiary/aromatic N) is 2. The van der Waals surface area contributed by atoms with E-state index in [-0.39, 0.29) is 15.7 Å². The van der Waals surface area contributed by atoms with E-state index in [9.17, 15) is 18.0 Å². The Labute approximate surface area is 198 Å². The molecule has 158 valence electrons. The second-order valence-corrected chi connectivity index (χ2v) is 11.8. The van der Waals surface area contributed by atoms with Gasteiger partial charge in [-0.1, -0.05) is 15.9 Å². The van der Waals surface area contributed by atoms with Crippen molar-refractivity contribution < 1.29 is 18.0 Å². The van der Waals surface area contributed by atoms with Crippen molar-refractivity contribution in [2.75, 3.05) is 0 Å². The molecule has 1 N–H and O–H groups in total. The van der Waals surface area contributed by atoms with Crippen LogP contribution in [0.5, 0.6) is 0 Å². The first kappa shape index (κ1) is 21.9. The first-order valence-corrected chi connectivity index (χ1v) is 12.7. The van der Waals surface area contributed by atoms with Crippen molar-refractivity contribution in [2.24, 2.45) is 0 Å². The molecule has 0 bridgehead atoms. The molecule has 2 heterocycles. The maximum atomic E-state index is 13.1. The maximum Gasteiger partial charge on any atom is 0.273 e. The number of carbonyl (C=O) groups is 2. The zero-order valence-corrected chi connectivity index (χ0v) is 20.6. The number of amides is 1. The van der Waals surface area contributed by atoms with Gasteiger partial charge in [0, 0.05) is 15.6 Å². The fourth-order valence-electron chi connectivity index (χ4n) is 2.99. The molecule has 1 amide bonds. The summed E-state index contributed by atoms with van der Waals surface area (Å²) in [4.78, 5) is 30.1. The van der Waals surface area contributed by atoms with E-state index in [1.165, 1.54) is 22.8 Å². The molecule has 0 saturated heterocycles. The van der Waals surface area contributed by atoms with Crippen LogP contribution in [-0.4, -0.2) is 29.8 Å². The molecule has 0 aliphatic heterocycles. The Balaban J connectivity index is 1.70. The summed E-state index contributed by atoms with van der Waals surface area (Å²) in [5.74, 6) is -0.648. The fraction of sp³-hybridized carbons (Fsp3) is 0.0500. The summed E-state index contributed by atoms with van der Waals surface area (Å²) < 4.78 is 29.9. The number of nitrogens with one attached hydrogen (secondary N) is 1. The van der Waals surface area contributed by atoms with E-state index in [1.807, 2.05) is 0 Å². The molecule has 0 spiro atoms. The lowest BCUT2D eigenvalue weighted by Crippen LogP contribution is -2.30. The van der Waals surface area contributed by atoms with Gasteiger partial charge in [0.25, 0.3) is 21.8 Å². The number of aromatic nitrogens is 2. The van der Waals surface area contributed by atoms with Crippen LogP contribution in [0.2, 0.25) is 0 Å². The highest BCUT2D eigenvalue weighted by atomic mass is 79.9. The molecule has 7 nitrogen and oxygen atoms in total. The van der Waals surface area contributed by atoms with E-state index in [0.29, 0.717) is 26.2 Å². The lowest BCUT2D eigenvalue weighted by atomic mass is 10.1. The van der Waals surface area contributed by atoms with Crippen LogP contribution in [-0.2, 0) is 10.0 Å². The summed E-state index contributed by atoms with van der Waals surface area (Å²) in [5.41, 5.74) is 1.47. The monoisotopic (exact) mass is 581 g/mol. The lowest BCUT2D eigenvalue weighted by Gasteiger charge is -2.08. The third-order valence-electron chi connectivity index (χ3n) is 4.42. The Bertz CT molecular complexity index is 1440. The topological polar surface area (TPSA) is 98.1 Å². The van der Waals surface area contributed by atoms with Crippen LogP contribution in [0.25, 0.3) is 11.0 Å². The molecule has 0 fully saturated rings. The molecule has 2 aromatic carbocycles. The number of aryl methyl sites for hydroxylation is 1. The zero-order chi connectivity index (χ0) is 22.3. The molecule has 0 aliphatic rings. The highest BCUT2D eigenvalue weighted by Gasteiger charge is 2.22. The van der Waals surface area contributed by atoms with Gasteiger partial charge in [-0.3, -0.25) is 14.2 Å². The molecule has 0 saturated carbocycles. The van der Waals surface area contributed by atoms with Crippen molar-refractivity contribution in [3.05, 3.63) is 79.8 Å². The highest BCUT2D eigenvalue weighted by molar-refractivity contribution is 9.11. The van der Waals surface area contributed by atoms with Crippen LogP contribution in [0.3, 0.4) is 0 Å². The van der Waals surface area contributed by atoms with E-state index in [0.717, 1.165) is 15.8 Å². The molecule has 4 aromatic rings. The minimum Gasteiger partial charge on any atom is -0.268 e. The van der Waals surface area contributed by atoms with Gasteiger partial charge in [0.05, 0.1) is 14.8 Å². The first-order valence-electron chi connectivity index (χ1n) is 8.77. The Hall–Kier alpha value is -2.34. The fourth-order valence-corrected chi connectivity index (χ4v) is 6.24. The van der Waals surface area contributed by atoms with Crippen molar-refractivity contribution in [3.63, 3.8) is 0 Å². The van der Waals surface area contributed by atoms with Crippen molar-refractivity contribution in [1.29, 1.82) is 0 Å². The third kappa shape index (κ3) is 4.36. The van der Waals surface area contributed by atoms with E-state index in [4.69, 9.17) is 0 Å². The van der Waals surface area contributed by atoms with E-state index >= 15 is 0 Å². The van der Waals surface area contributed by atoms with Gasteiger partial charge in [-0.15, -0.1) is 11.3 Å². The smallest absolute Gasteiger partial charge is 0.268 e. The number of halogens is 2. The van der Waals surface area contributed by atoms with Gasteiger partial charge < -0.3 is 0 Å². The van der Waals surface area contributed by atoms with E-state index in [1.54, 1.807) is 43.3 Å². The van der Waals surface area contributed by atoms with Crippen LogP contribution in [0.15, 0.2) is 67.1 Å². The van der Waals surface area contributed by atoms with E-state index < -0.39 is 15.9 Å². The molecule has 31 heavy (non-hydrogen) atoms. The zero-order valence-electron chi connectivity index (χ0n) is 15.8. The number of benzene rings is 2. The summed E-state index contributed by atoms with van der Waals surface area (Å²) in [5, 5.41) is 0. The summed E-state index contributed by atoms with van der Waals surface area (Å²) in [6, 6.07) is 14.4. The average Bonchev–Trinajstić information content (AvgIpc) is 3.30. The van der Waals surface area contributed by atoms with Gasteiger partial charge in [-0.2, -0.15) is 0 Å². The van der Waals surface area contributed by atoms with Crippen molar-refractivity contribution in [1.82, 2.24) is 14.3 Å². The van der Waals surface area contributed by atoms with E-state index in [2.05, 4.69) is 41.6 Å². The Kier molecular flexibility index (Phi) is 5.86. The third-order valence-corrected chi connectivity index (χ3v) is 8.39. The molecule has 0 atom stereocenters. The van der Waals surface area contributed by atoms with Gasteiger partial charge in [0.2, 0.25) is 0 Å². The molecule has 0 aliphatic carbocycles. The van der Waals surface area contributed by atoms with Crippen LogP contribution in [0, 0.1) is 6.92 Å². The molecule has 0 radical (unpaired) electrons. The summed E-state index contributed by atoms with van der Waals surface area (Å²) in [7, 11) is -4.01. The Morgan fingerprint density at radius 2 is 1.68 bits per heavy atom. The van der Waals surface area contributed by atoms with Crippen molar-refractivity contribution >= 4 is 76.1 Å². The van der Waals surface area contributed by atoms with Gasteiger partial charge in [0.15, 0.2) is 0 Å². The van der Waals surface area contributed by atoms with Crippen LogP contribution < -0.4 is 4.72 Å². The molecule has 2 aromatic heterocycles. The highest BCUT2D eigenvalue weighted by Crippen LogP contribution is 2.26. The quantitative estimate of drug-likeness (QED) is 0.375. The van der Waals surface area contributed by atoms with Gasteiger partial charge in [-0.05, 0) is 77.5 Å². The first-order chi connectivity index (χ1) is 14.7. The summed E-state index contributed by atoms with van der Waals surface area (Å²) in [6.45, 7) is 1.69. The van der Waals surface area contributed by atoms with Gasteiger partial charge in [-0.25, -0.2) is 18.1 Å². The molecule has 4 rings (SSSR count). The normalized spacial score (nSPS) is 11.6. The van der Waals surface area contributed by atoms with Crippen LogP contribution in [0.1, 0.15) is 26.5 Å². The van der Waals surface area contributed by atoms with Crippen molar-refractivity contribution in [2.45, 2.75) is 11.1 Å². The maximum absolute atomic E-state index is 13.1. The average molecular weight is 583 g/mol. The second-order valence-electron chi connectivity index (χ2n) is 6.50. The minimum absolute atomic E-state index is 0.0140. The number of rotatable bonds is 4. The summed E-state index contributed by atoms with van der Waals surface area (Å²) in [6.07, 6.45) is 0. The second kappa shape index (κ2) is 8.30. The predicted octanol–water partition coefficient (Wildman–Crippen LogP) is 4.74. The Morgan fingerprint density at radius 3 is 2.32 bits per heavy atom. The SMILES string of the molecule is Cc1nc2ccc(C(=O)NS(=O)(=O)c3ccc(Br)s3)cc2n1C(=O)c1ccc(Br)cc1. The van der Waals surface area contributed by atoms with Crippen molar-refractivity contribution in [3.8, 4) is 0 Å². The Morgan fingerprint density at radius 1 is 1.00 bits per heavy atom. The number of carbonyl (C=O) groups excluding carboxylic acids is 2. The number of hydrogen-bond donors (Lipinski definition) is 1. The predicted molar refractivity (Wildman–Crippen MR) is 125 cm³/mol. The molecule has 0 unspecified atom stereocenters. The molecular weight excluding hydrogens is 570 g/mol. The number of sulfonamides is 1. The minimum atomic E-state index is -4.01. The van der Waals surface area contributed by atoms with Gasteiger partial charge in [0.1, 0.15) is 10.0 Å². The van der Waals surface area contributed by atoms with Crippen LogP contribution >= 0.6 is 43.2 Å². The number of thiophene rings is 1. The van der Waals surface area contributed by atoms with Crippen LogP contribution in [0.4, 0.5) is 0 Å². The number of imidazole rings is 1.